The Morgan fingerprint density at radius 2 is 1.63 bits per heavy atom. The van der Waals surface area contributed by atoms with Gasteiger partial charge in [-0.15, -0.1) is 46.2 Å². The van der Waals surface area contributed by atoms with Crippen molar-refractivity contribution in [2.75, 3.05) is 0 Å². The van der Waals surface area contributed by atoms with Crippen LogP contribution in [0.5, 0.6) is 0 Å². The Kier molecular flexibility index (Phi) is 13.8. The number of aliphatic hydroxyl groups excluding tert-OH is 1. The van der Waals surface area contributed by atoms with Gasteiger partial charge in [0.25, 0.3) is 0 Å². The molecule has 0 saturated carbocycles. The standard InChI is InChI=1S/C22H21N2S.C13H24O2.Ir/c1-13(2)8-16-6-5-7-18-20-22(25-21(16)18)19(23-12-24-20)17-10-14(3)9-15(4)11-17;1-5-10(6-2)12(14)9-13(15)11(7-3)8-4;/h5-7,9-10,12-13H,8H2,1-4H3;9-11,14H,5-8H2,1-4H3;/q-1;;/b;12-9-;. The average Bonchev–Trinajstić information content (AvgIpc) is 3.29. The van der Waals surface area contributed by atoms with Crippen LogP contribution in [0.3, 0.4) is 0 Å². The summed E-state index contributed by atoms with van der Waals surface area (Å²) in [7, 11) is 0. The third-order valence-electron chi connectivity index (χ3n) is 7.47. The minimum Gasteiger partial charge on any atom is -0.512 e. The van der Waals surface area contributed by atoms with Gasteiger partial charge in [0.1, 0.15) is 6.33 Å². The molecule has 0 spiro atoms. The molecular formula is C35H45IrN2O2S-. The molecule has 0 aliphatic carbocycles. The number of nitrogens with zero attached hydrogens (tertiary/aromatic N) is 2. The van der Waals surface area contributed by atoms with Crippen molar-refractivity contribution >= 4 is 37.4 Å². The van der Waals surface area contributed by atoms with E-state index in [1.54, 1.807) is 6.33 Å². The smallest absolute Gasteiger partial charge is 0.162 e. The Hall–Kier alpha value is -2.40. The zero-order valence-corrected chi connectivity index (χ0v) is 29.0. The third-order valence-corrected chi connectivity index (χ3v) is 8.75. The summed E-state index contributed by atoms with van der Waals surface area (Å²) in [5, 5.41) is 11.0. The van der Waals surface area contributed by atoms with E-state index in [0.29, 0.717) is 5.92 Å². The maximum Gasteiger partial charge on any atom is 0.162 e. The van der Waals surface area contributed by atoms with Crippen LogP contribution in [0, 0.1) is 37.7 Å². The number of thiophene rings is 1. The molecule has 4 nitrogen and oxygen atoms in total. The Balaban J connectivity index is 0.000000320. The second-order valence-corrected chi connectivity index (χ2v) is 12.2. The Morgan fingerprint density at radius 1 is 0.976 bits per heavy atom. The number of allylic oxidation sites excluding steroid dienone is 2. The molecule has 0 amide bonds. The molecule has 0 fully saturated rings. The predicted molar refractivity (Wildman–Crippen MR) is 171 cm³/mol. The van der Waals surface area contributed by atoms with Gasteiger partial charge in [-0.2, -0.15) is 0 Å². The largest absolute Gasteiger partial charge is 0.512 e. The summed E-state index contributed by atoms with van der Waals surface area (Å²) in [4.78, 5) is 20.9. The molecule has 1 N–H and O–H groups in total. The molecule has 0 unspecified atom stereocenters. The predicted octanol–water partition coefficient (Wildman–Crippen LogP) is 9.99. The first-order valence-electron chi connectivity index (χ1n) is 14.7. The number of aromatic nitrogens is 2. The van der Waals surface area contributed by atoms with Crippen molar-refractivity contribution < 1.29 is 30.0 Å². The van der Waals surface area contributed by atoms with Crippen LogP contribution in [-0.2, 0) is 31.3 Å². The number of hydrogen-bond acceptors (Lipinski definition) is 5. The summed E-state index contributed by atoms with van der Waals surface area (Å²) in [6.07, 6.45) is 7.68. The molecule has 0 atom stereocenters. The number of ketones is 1. The van der Waals surface area contributed by atoms with Crippen LogP contribution in [0.4, 0.5) is 0 Å². The summed E-state index contributed by atoms with van der Waals surface area (Å²) in [6.45, 7) is 16.8. The first-order valence-corrected chi connectivity index (χ1v) is 15.5. The number of aryl methyl sites for hydroxylation is 2. The minimum atomic E-state index is 0. The van der Waals surface area contributed by atoms with Crippen molar-refractivity contribution in [2.45, 2.75) is 87.5 Å². The summed E-state index contributed by atoms with van der Waals surface area (Å²) in [5.41, 5.74) is 6.90. The van der Waals surface area contributed by atoms with Gasteiger partial charge < -0.3 is 5.11 Å². The van der Waals surface area contributed by atoms with Gasteiger partial charge in [0, 0.05) is 58.5 Å². The van der Waals surface area contributed by atoms with Gasteiger partial charge in [-0.3, -0.25) is 9.78 Å². The first-order chi connectivity index (χ1) is 19.1. The average molecular weight is 750 g/mol. The van der Waals surface area contributed by atoms with Gasteiger partial charge >= 0.3 is 0 Å². The fraction of sp³-hybridized carbons (Fsp3) is 0.457. The van der Waals surface area contributed by atoms with E-state index in [2.05, 4.69) is 74.1 Å². The van der Waals surface area contributed by atoms with E-state index >= 15 is 0 Å². The van der Waals surface area contributed by atoms with E-state index in [1.807, 2.05) is 39.0 Å². The third kappa shape index (κ3) is 8.80. The fourth-order valence-electron chi connectivity index (χ4n) is 5.25. The Morgan fingerprint density at radius 3 is 2.22 bits per heavy atom. The molecule has 2 aromatic heterocycles. The van der Waals surface area contributed by atoms with Gasteiger partial charge in [0.05, 0.1) is 11.3 Å². The second kappa shape index (κ2) is 16.3. The van der Waals surface area contributed by atoms with E-state index in [1.165, 1.54) is 27.3 Å². The normalized spacial score (nSPS) is 11.7. The maximum absolute atomic E-state index is 11.7. The topological polar surface area (TPSA) is 63.1 Å². The number of aliphatic hydroxyl groups is 1. The maximum atomic E-state index is 11.7. The number of hydrogen-bond donors (Lipinski definition) is 1. The zero-order chi connectivity index (χ0) is 29.4. The summed E-state index contributed by atoms with van der Waals surface area (Å²) >= 11 is 1.82. The summed E-state index contributed by atoms with van der Waals surface area (Å²) < 4.78 is 2.51. The number of rotatable bonds is 10. The van der Waals surface area contributed by atoms with Crippen LogP contribution in [-0.4, -0.2) is 20.9 Å². The quantitative estimate of drug-likeness (QED) is 0.0997. The summed E-state index contributed by atoms with van der Waals surface area (Å²) in [5.74, 6) is 1.18. The molecule has 1 radical (unpaired) electrons. The molecule has 0 aliphatic heterocycles. The molecule has 223 valence electrons. The molecule has 4 rings (SSSR count). The fourth-order valence-corrected chi connectivity index (χ4v) is 6.53. The summed E-state index contributed by atoms with van der Waals surface area (Å²) in [6, 6.07) is 14.3. The van der Waals surface area contributed by atoms with E-state index in [0.717, 1.165) is 59.1 Å². The minimum absolute atomic E-state index is 0. The van der Waals surface area contributed by atoms with Crippen LogP contribution in [0.1, 0.15) is 83.9 Å². The van der Waals surface area contributed by atoms with Gasteiger partial charge in [-0.1, -0.05) is 73.6 Å². The van der Waals surface area contributed by atoms with Crippen molar-refractivity contribution in [1.29, 1.82) is 0 Å². The molecular weight excluding hydrogens is 705 g/mol. The SMILES string of the molecule is CCC(CC)C(=O)/C=C(\O)C(CC)CC.Cc1[c-]c(-c2ncnc3c2sc2c(CC(C)C)cccc23)cc(C)c1.[Ir]. The van der Waals surface area contributed by atoms with Gasteiger partial charge in [0.2, 0.25) is 0 Å². The zero-order valence-electron chi connectivity index (χ0n) is 25.8. The molecule has 6 heteroatoms. The number of benzene rings is 2. The second-order valence-electron chi connectivity index (χ2n) is 11.1. The molecule has 0 saturated heterocycles. The van der Waals surface area contributed by atoms with E-state index in [-0.39, 0.29) is 43.5 Å². The van der Waals surface area contributed by atoms with Crippen molar-refractivity contribution in [3.63, 3.8) is 0 Å². The van der Waals surface area contributed by atoms with E-state index in [9.17, 15) is 9.90 Å². The van der Waals surface area contributed by atoms with Crippen molar-refractivity contribution in [2.24, 2.45) is 17.8 Å². The van der Waals surface area contributed by atoms with Gasteiger partial charge in [-0.25, -0.2) is 4.98 Å². The van der Waals surface area contributed by atoms with Crippen molar-refractivity contribution in [3.8, 4) is 11.3 Å². The van der Waals surface area contributed by atoms with Gasteiger partial charge in [-0.05, 0) is 43.6 Å². The van der Waals surface area contributed by atoms with Crippen molar-refractivity contribution in [1.82, 2.24) is 9.97 Å². The molecule has 41 heavy (non-hydrogen) atoms. The molecule has 0 aliphatic rings. The van der Waals surface area contributed by atoms with Crippen molar-refractivity contribution in [3.05, 3.63) is 71.3 Å². The first kappa shape index (κ1) is 34.8. The molecule has 0 bridgehead atoms. The van der Waals surface area contributed by atoms with Crippen LogP contribution in [0.25, 0.3) is 31.6 Å². The Bertz CT molecular complexity index is 1450. The van der Waals surface area contributed by atoms with E-state index < -0.39 is 0 Å². The van der Waals surface area contributed by atoms with Crippen LogP contribution >= 0.6 is 11.3 Å². The number of carbonyl (C=O) groups is 1. The number of fused-ring (bicyclic) bond motifs is 3. The van der Waals surface area contributed by atoms with Gasteiger partial charge in [0.15, 0.2) is 5.78 Å². The Labute approximate surface area is 264 Å². The van der Waals surface area contributed by atoms with Crippen LogP contribution < -0.4 is 0 Å². The monoisotopic (exact) mass is 750 g/mol. The van der Waals surface area contributed by atoms with Crippen LogP contribution in [0.15, 0.2) is 48.5 Å². The number of carbonyl (C=O) groups excluding carboxylic acids is 1. The molecule has 4 aromatic rings. The molecule has 2 aromatic carbocycles. The van der Waals surface area contributed by atoms with Crippen LogP contribution in [0.2, 0.25) is 0 Å². The molecule has 2 heterocycles. The van der Waals surface area contributed by atoms with E-state index in [4.69, 9.17) is 0 Å².